The van der Waals surface area contributed by atoms with Crippen molar-refractivity contribution in [3.63, 3.8) is 0 Å². The highest BCUT2D eigenvalue weighted by Gasteiger charge is 2.43. The summed E-state index contributed by atoms with van der Waals surface area (Å²) in [7, 11) is -2.17. The van der Waals surface area contributed by atoms with Crippen LogP contribution < -0.4 is 0 Å². The molecule has 0 amide bonds. The van der Waals surface area contributed by atoms with E-state index < -0.39 is 50.1 Å². The van der Waals surface area contributed by atoms with E-state index in [1.165, 1.54) is 13.2 Å². The molecule has 5 atom stereocenters. The molecule has 10 nitrogen and oxygen atoms in total. The smallest absolute Gasteiger partial charge is 0.309 e. The van der Waals surface area contributed by atoms with Crippen LogP contribution in [0.4, 0.5) is 0 Å². The van der Waals surface area contributed by atoms with E-state index in [4.69, 9.17) is 27.8 Å². The van der Waals surface area contributed by atoms with Gasteiger partial charge in [-0.2, -0.15) is 0 Å². The standard InChI is InChI=1S/C33H53NO9Si/c1-22-18-23(2)31(37)42-30(28-21-38-24(3)34-28)19-26(41-25(4)35)12-10-13-27(43-44(8,9)32(5,6)7)20-33(39-16-17-40-33)15-11-14-29(22)36/h11,14,21-23,26-27,30H,10,12-13,15-20H2,1-9H3/b14-11+/t22-,23-,26-,27+,30-/m0/s1. The second kappa shape index (κ2) is 15.3. The van der Waals surface area contributed by atoms with Gasteiger partial charge in [0.1, 0.15) is 18.1 Å². The number of ether oxygens (including phenoxy) is 4. The number of ketones is 1. The number of hydrogen-bond donors (Lipinski definition) is 0. The van der Waals surface area contributed by atoms with E-state index in [9.17, 15) is 14.4 Å². The van der Waals surface area contributed by atoms with Gasteiger partial charge in [-0.05, 0) is 49.9 Å². The van der Waals surface area contributed by atoms with Crippen LogP contribution in [0, 0.1) is 18.8 Å². The zero-order chi connectivity index (χ0) is 32.7. The fraction of sp³-hybridized carbons (Fsp3) is 0.758. The number of aryl methyl sites for hydroxylation is 1. The Bertz CT molecular complexity index is 1150. The Morgan fingerprint density at radius 3 is 2.30 bits per heavy atom. The summed E-state index contributed by atoms with van der Waals surface area (Å²) >= 11 is 0. The van der Waals surface area contributed by atoms with Gasteiger partial charge < -0.3 is 27.8 Å². The molecule has 0 N–H and O–H groups in total. The minimum Gasteiger partial charge on any atom is -0.462 e. The van der Waals surface area contributed by atoms with Gasteiger partial charge in [-0.25, -0.2) is 4.98 Å². The first-order valence-electron chi connectivity index (χ1n) is 16.0. The van der Waals surface area contributed by atoms with Crippen molar-refractivity contribution in [1.82, 2.24) is 4.98 Å². The average molecular weight is 636 g/mol. The summed E-state index contributed by atoms with van der Waals surface area (Å²) in [4.78, 5) is 42.9. The molecule has 0 radical (unpaired) electrons. The third-order valence-electron chi connectivity index (χ3n) is 9.01. The molecule has 248 valence electrons. The average Bonchev–Trinajstić information content (AvgIpc) is 3.55. The number of rotatable bonds is 4. The van der Waals surface area contributed by atoms with Crippen molar-refractivity contribution in [3.05, 3.63) is 30.0 Å². The first kappa shape index (κ1) is 36.1. The third-order valence-corrected chi connectivity index (χ3v) is 13.5. The monoisotopic (exact) mass is 635 g/mol. The molecule has 2 aliphatic rings. The van der Waals surface area contributed by atoms with Gasteiger partial charge >= 0.3 is 11.9 Å². The summed E-state index contributed by atoms with van der Waals surface area (Å²) in [5.74, 6) is -2.32. The van der Waals surface area contributed by atoms with Crippen LogP contribution in [-0.2, 0) is 37.8 Å². The molecule has 1 aromatic rings. The second-order valence-corrected chi connectivity index (χ2v) is 18.7. The fourth-order valence-electron chi connectivity index (χ4n) is 5.51. The first-order valence-corrected chi connectivity index (χ1v) is 18.9. The number of carbonyl (C=O) groups excluding carboxylic acids is 3. The quantitative estimate of drug-likeness (QED) is 0.258. The van der Waals surface area contributed by atoms with Gasteiger partial charge in [0.15, 0.2) is 31.9 Å². The van der Waals surface area contributed by atoms with E-state index in [0.29, 0.717) is 63.3 Å². The van der Waals surface area contributed by atoms with Crippen LogP contribution in [0.2, 0.25) is 18.1 Å². The van der Waals surface area contributed by atoms with Crippen LogP contribution in [-0.4, -0.2) is 62.2 Å². The van der Waals surface area contributed by atoms with Crippen molar-refractivity contribution in [2.45, 2.75) is 136 Å². The van der Waals surface area contributed by atoms with E-state index in [0.717, 1.165) is 0 Å². The predicted molar refractivity (Wildman–Crippen MR) is 167 cm³/mol. The summed E-state index contributed by atoms with van der Waals surface area (Å²) < 4.78 is 36.4. The van der Waals surface area contributed by atoms with Gasteiger partial charge in [0, 0.05) is 39.0 Å². The number of carbonyl (C=O) groups is 3. The van der Waals surface area contributed by atoms with Crippen molar-refractivity contribution in [2.75, 3.05) is 13.2 Å². The molecule has 0 aromatic carbocycles. The zero-order valence-corrected chi connectivity index (χ0v) is 29.1. The molecule has 1 aromatic heterocycles. The van der Waals surface area contributed by atoms with Crippen LogP contribution in [0.5, 0.6) is 0 Å². The van der Waals surface area contributed by atoms with E-state index in [-0.39, 0.29) is 23.3 Å². The van der Waals surface area contributed by atoms with Gasteiger partial charge in [-0.15, -0.1) is 0 Å². The Labute approximate surface area is 263 Å². The van der Waals surface area contributed by atoms with Crippen LogP contribution in [0.25, 0.3) is 0 Å². The molecule has 3 heterocycles. The molecular weight excluding hydrogens is 582 g/mol. The van der Waals surface area contributed by atoms with Gasteiger partial charge in [0.05, 0.1) is 25.2 Å². The highest BCUT2D eigenvalue weighted by molar-refractivity contribution is 6.74. The molecule has 1 fully saturated rings. The van der Waals surface area contributed by atoms with E-state index >= 15 is 0 Å². The van der Waals surface area contributed by atoms with E-state index in [1.54, 1.807) is 19.9 Å². The minimum atomic E-state index is -2.17. The van der Waals surface area contributed by atoms with Crippen LogP contribution in [0.3, 0.4) is 0 Å². The molecule has 3 rings (SSSR count). The maximum atomic E-state index is 13.2. The topological polar surface area (TPSA) is 123 Å². The predicted octanol–water partition coefficient (Wildman–Crippen LogP) is 6.77. The summed E-state index contributed by atoms with van der Waals surface area (Å²) in [6.45, 7) is 18.7. The van der Waals surface area contributed by atoms with Crippen LogP contribution >= 0.6 is 0 Å². The summed E-state index contributed by atoms with van der Waals surface area (Å²) in [6, 6.07) is 0. The molecule has 0 aliphatic carbocycles. The molecule has 1 saturated heterocycles. The molecule has 11 heteroatoms. The molecule has 2 aliphatic heterocycles. The van der Waals surface area contributed by atoms with Crippen molar-refractivity contribution in [1.29, 1.82) is 0 Å². The molecule has 0 saturated carbocycles. The highest BCUT2D eigenvalue weighted by atomic mass is 28.4. The van der Waals surface area contributed by atoms with Gasteiger partial charge in [0.25, 0.3) is 0 Å². The SMILES string of the molecule is CC(=O)O[C@H]1CCC[C@@H](O[Si](C)(C)C(C)(C)C)CC2(C/C=C/C(=O)[C@@H](C)C[C@H](C)C(=O)O[C@H](c3coc(C)n3)C1)OCCO2. The van der Waals surface area contributed by atoms with Crippen molar-refractivity contribution < 1.29 is 42.2 Å². The number of cyclic esters (lactones) is 1. The van der Waals surface area contributed by atoms with Crippen LogP contribution in [0.15, 0.2) is 22.8 Å². The maximum Gasteiger partial charge on any atom is 0.309 e. The molecule has 1 spiro atoms. The highest BCUT2D eigenvalue weighted by Crippen LogP contribution is 2.40. The summed E-state index contributed by atoms with van der Waals surface area (Å²) in [5, 5.41) is -0.00371. The lowest BCUT2D eigenvalue weighted by molar-refractivity contribution is -0.173. The fourth-order valence-corrected chi connectivity index (χ4v) is 6.89. The number of nitrogens with zero attached hydrogens (tertiary/aromatic N) is 1. The number of esters is 2. The number of aromatic nitrogens is 1. The molecule has 44 heavy (non-hydrogen) atoms. The second-order valence-electron chi connectivity index (χ2n) is 14.0. The van der Waals surface area contributed by atoms with E-state index in [1.807, 2.05) is 13.0 Å². The Morgan fingerprint density at radius 1 is 1.05 bits per heavy atom. The Morgan fingerprint density at radius 2 is 1.70 bits per heavy atom. The van der Waals surface area contributed by atoms with Gasteiger partial charge in [-0.1, -0.05) is 40.7 Å². The largest absolute Gasteiger partial charge is 0.462 e. The zero-order valence-electron chi connectivity index (χ0n) is 28.1. The molecule has 0 bridgehead atoms. The molecule has 0 unspecified atom stereocenters. The third kappa shape index (κ3) is 10.4. The lowest BCUT2D eigenvalue weighted by atomic mass is 9.92. The maximum absolute atomic E-state index is 13.2. The lowest BCUT2D eigenvalue weighted by Crippen LogP contribution is -2.46. The van der Waals surface area contributed by atoms with Gasteiger partial charge in [-0.3, -0.25) is 14.4 Å². The minimum absolute atomic E-state index is 0.00371. The van der Waals surface area contributed by atoms with Crippen molar-refractivity contribution in [2.24, 2.45) is 11.8 Å². The summed E-state index contributed by atoms with van der Waals surface area (Å²) in [5.41, 5.74) is 0.457. The lowest BCUT2D eigenvalue weighted by Gasteiger charge is -2.41. The summed E-state index contributed by atoms with van der Waals surface area (Å²) in [6.07, 6.45) is 6.77. The van der Waals surface area contributed by atoms with E-state index in [2.05, 4.69) is 38.8 Å². The Hall–Kier alpha value is -2.34. The Balaban J connectivity index is 1.95. The molecular formula is C33H53NO9Si. The first-order chi connectivity index (χ1) is 20.5. The normalized spacial score (nSPS) is 29.1. The van der Waals surface area contributed by atoms with Crippen molar-refractivity contribution >= 4 is 26.0 Å². The number of allylic oxidation sites excluding steroid dienone is 1. The Kier molecular flexibility index (Phi) is 12.6. The number of oxazole rings is 1. The van der Waals surface area contributed by atoms with Crippen LogP contribution in [0.1, 0.15) is 104 Å². The van der Waals surface area contributed by atoms with Gasteiger partial charge in [0.2, 0.25) is 0 Å². The number of hydrogen-bond acceptors (Lipinski definition) is 10. The van der Waals surface area contributed by atoms with Crippen molar-refractivity contribution in [3.8, 4) is 0 Å².